The molecule has 1 aliphatic heterocycles. The summed E-state index contributed by atoms with van der Waals surface area (Å²) in [6.45, 7) is 13.8. The van der Waals surface area contributed by atoms with Crippen LogP contribution in [0.2, 0.25) is 0 Å². The SMILES string of the molecule is CC(C)(C)c1cc(NC(=O)[C@@H]2COCCO2)n(C(C)(C)C)n1. The fourth-order valence-electron chi connectivity index (χ4n) is 2.19. The molecule has 1 aromatic heterocycles. The van der Waals surface area contributed by atoms with Crippen LogP contribution in [0.3, 0.4) is 0 Å². The largest absolute Gasteiger partial charge is 0.376 e. The summed E-state index contributed by atoms with van der Waals surface area (Å²) in [7, 11) is 0. The van der Waals surface area contributed by atoms with E-state index in [1.807, 2.05) is 10.7 Å². The molecule has 0 unspecified atom stereocenters. The van der Waals surface area contributed by atoms with Gasteiger partial charge in [0, 0.05) is 11.5 Å². The molecule has 0 saturated carbocycles. The van der Waals surface area contributed by atoms with Gasteiger partial charge in [-0.05, 0) is 20.8 Å². The molecule has 0 radical (unpaired) electrons. The molecule has 1 N–H and O–H groups in total. The van der Waals surface area contributed by atoms with Gasteiger partial charge in [0.15, 0.2) is 6.10 Å². The summed E-state index contributed by atoms with van der Waals surface area (Å²) < 4.78 is 12.6. The minimum atomic E-state index is -0.560. The lowest BCUT2D eigenvalue weighted by Crippen LogP contribution is -2.40. The van der Waals surface area contributed by atoms with Crippen molar-refractivity contribution < 1.29 is 14.3 Å². The molecule has 6 heteroatoms. The first-order valence-corrected chi connectivity index (χ1v) is 7.70. The van der Waals surface area contributed by atoms with E-state index in [9.17, 15) is 4.79 Å². The van der Waals surface area contributed by atoms with Crippen molar-refractivity contribution >= 4 is 11.7 Å². The van der Waals surface area contributed by atoms with Gasteiger partial charge in [-0.15, -0.1) is 0 Å². The predicted octanol–water partition coefficient (Wildman–Crippen LogP) is 2.29. The van der Waals surface area contributed by atoms with E-state index >= 15 is 0 Å². The highest BCUT2D eigenvalue weighted by molar-refractivity contribution is 5.93. The normalized spacial score (nSPS) is 20.0. The zero-order valence-corrected chi connectivity index (χ0v) is 14.4. The molecule has 0 aliphatic carbocycles. The van der Waals surface area contributed by atoms with E-state index in [2.05, 4.69) is 52.0 Å². The molecule has 1 aliphatic rings. The van der Waals surface area contributed by atoms with E-state index < -0.39 is 6.10 Å². The van der Waals surface area contributed by atoms with Crippen molar-refractivity contribution in [2.24, 2.45) is 0 Å². The van der Waals surface area contributed by atoms with Crippen molar-refractivity contribution in [1.82, 2.24) is 9.78 Å². The summed E-state index contributed by atoms with van der Waals surface area (Å²) in [5.41, 5.74) is 0.634. The average Bonchev–Trinajstić information content (AvgIpc) is 2.83. The number of hydrogen-bond acceptors (Lipinski definition) is 4. The summed E-state index contributed by atoms with van der Waals surface area (Å²) in [4.78, 5) is 12.3. The Morgan fingerprint density at radius 1 is 1.27 bits per heavy atom. The van der Waals surface area contributed by atoms with E-state index in [1.165, 1.54) is 0 Å². The van der Waals surface area contributed by atoms with Gasteiger partial charge in [0.05, 0.1) is 31.1 Å². The number of nitrogens with zero attached hydrogens (tertiary/aromatic N) is 2. The topological polar surface area (TPSA) is 65.4 Å². The molecule has 22 heavy (non-hydrogen) atoms. The van der Waals surface area contributed by atoms with Gasteiger partial charge in [0.25, 0.3) is 5.91 Å². The summed E-state index contributed by atoms with van der Waals surface area (Å²) in [6.07, 6.45) is -0.560. The molecule has 1 atom stereocenters. The van der Waals surface area contributed by atoms with Crippen LogP contribution in [0, 0.1) is 0 Å². The van der Waals surface area contributed by atoms with Crippen LogP contribution in [0.1, 0.15) is 47.2 Å². The number of nitrogens with one attached hydrogen (secondary N) is 1. The van der Waals surface area contributed by atoms with Gasteiger partial charge >= 0.3 is 0 Å². The predicted molar refractivity (Wildman–Crippen MR) is 85.1 cm³/mol. The Hall–Kier alpha value is -1.40. The highest BCUT2D eigenvalue weighted by Gasteiger charge is 2.28. The van der Waals surface area contributed by atoms with Gasteiger partial charge in [-0.3, -0.25) is 4.79 Å². The minimum absolute atomic E-state index is 0.0829. The number of ether oxygens (including phenoxy) is 2. The molecule has 1 fully saturated rings. The summed E-state index contributed by atoms with van der Waals surface area (Å²) in [5, 5.41) is 7.62. The molecule has 0 bridgehead atoms. The first-order valence-electron chi connectivity index (χ1n) is 7.70. The Kier molecular flexibility index (Phi) is 4.63. The number of hydrogen-bond donors (Lipinski definition) is 1. The van der Waals surface area contributed by atoms with Crippen LogP contribution in [0.5, 0.6) is 0 Å². The lowest BCUT2D eigenvalue weighted by molar-refractivity contribution is -0.142. The lowest BCUT2D eigenvalue weighted by Gasteiger charge is -2.25. The molecule has 6 nitrogen and oxygen atoms in total. The maximum absolute atomic E-state index is 12.3. The van der Waals surface area contributed by atoms with Gasteiger partial charge in [0.1, 0.15) is 5.82 Å². The third-order valence-corrected chi connectivity index (χ3v) is 3.47. The van der Waals surface area contributed by atoms with Gasteiger partial charge in [-0.1, -0.05) is 20.8 Å². The van der Waals surface area contributed by atoms with Crippen molar-refractivity contribution in [2.45, 2.75) is 58.6 Å². The smallest absolute Gasteiger partial charge is 0.257 e. The van der Waals surface area contributed by atoms with E-state index in [1.54, 1.807) is 0 Å². The summed E-state index contributed by atoms with van der Waals surface area (Å²) in [5.74, 6) is 0.502. The van der Waals surface area contributed by atoms with Gasteiger partial charge in [-0.2, -0.15) is 5.10 Å². The van der Waals surface area contributed by atoms with Crippen molar-refractivity contribution in [1.29, 1.82) is 0 Å². The van der Waals surface area contributed by atoms with Gasteiger partial charge in [0.2, 0.25) is 0 Å². The second-order valence-electron chi connectivity index (χ2n) is 7.67. The van der Waals surface area contributed by atoms with Crippen molar-refractivity contribution in [3.8, 4) is 0 Å². The van der Waals surface area contributed by atoms with Crippen LogP contribution in [0.15, 0.2) is 6.07 Å². The third-order valence-electron chi connectivity index (χ3n) is 3.47. The molecule has 124 valence electrons. The van der Waals surface area contributed by atoms with Crippen LogP contribution in [0.4, 0.5) is 5.82 Å². The maximum Gasteiger partial charge on any atom is 0.257 e. The van der Waals surface area contributed by atoms with E-state index in [0.29, 0.717) is 25.6 Å². The third kappa shape index (κ3) is 3.87. The Bertz CT molecular complexity index is 532. The van der Waals surface area contributed by atoms with E-state index in [-0.39, 0.29) is 16.9 Å². The van der Waals surface area contributed by atoms with Crippen LogP contribution < -0.4 is 5.32 Å². The van der Waals surface area contributed by atoms with Crippen molar-refractivity contribution in [2.75, 3.05) is 25.1 Å². The zero-order chi connectivity index (χ0) is 16.5. The Morgan fingerprint density at radius 2 is 1.95 bits per heavy atom. The summed E-state index contributed by atoms with van der Waals surface area (Å²) in [6, 6.07) is 1.94. The van der Waals surface area contributed by atoms with Crippen molar-refractivity contribution in [3.05, 3.63) is 11.8 Å². The van der Waals surface area contributed by atoms with Crippen LogP contribution in [-0.4, -0.2) is 41.6 Å². The highest BCUT2D eigenvalue weighted by atomic mass is 16.6. The molecular weight excluding hydrogens is 282 g/mol. The minimum Gasteiger partial charge on any atom is -0.376 e. The molecule has 2 heterocycles. The van der Waals surface area contributed by atoms with Gasteiger partial charge in [-0.25, -0.2) is 4.68 Å². The van der Waals surface area contributed by atoms with Crippen LogP contribution in [0.25, 0.3) is 0 Å². The van der Waals surface area contributed by atoms with Crippen LogP contribution >= 0.6 is 0 Å². The fraction of sp³-hybridized carbons (Fsp3) is 0.750. The van der Waals surface area contributed by atoms with Crippen LogP contribution in [-0.2, 0) is 25.2 Å². The monoisotopic (exact) mass is 309 g/mol. The molecular formula is C16H27N3O3. The van der Waals surface area contributed by atoms with Crippen molar-refractivity contribution in [3.63, 3.8) is 0 Å². The number of anilines is 1. The maximum atomic E-state index is 12.3. The Morgan fingerprint density at radius 3 is 2.45 bits per heavy atom. The first-order chi connectivity index (χ1) is 10.1. The average molecular weight is 309 g/mol. The highest BCUT2D eigenvalue weighted by Crippen LogP contribution is 2.28. The number of amides is 1. The lowest BCUT2D eigenvalue weighted by atomic mass is 9.92. The first kappa shape index (κ1) is 17.0. The number of carbonyl (C=O) groups excluding carboxylic acids is 1. The summed E-state index contributed by atoms with van der Waals surface area (Å²) >= 11 is 0. The molecule has 1 saturated heterocycles. The molecule has 1 amide bonds. The molecule has 1 aromatic rings. The quantitative estimate of drug-likeness (QED) is 0.910. The zero-order valence-electron chi connectivity index (χ0n) is 14.4. The standard InChI is InChI=1S/C16H27N3O3/c1-15(2,3)12-9-13(19(18-12)16(4,5)6)17-14(20)11-10-21-7-8-22-11/h9,11H,7-8,10H2,1-6H3,(H,17,20)/t11-/m0/s1. The number of rotatable bonds is 2. The second-order valence-corrected chi connectivity index (χ2v) is 7.67. The molecule has 2 rings (SSSR count). The Balaban J connectivity index is 2.25. The Labute approximate surface area is 132 Å². The van der Waals surface area contributed by atoms with E-state index in [0.717, 1.165) is 5.69 Å². The number of carbonyl (C=O) groups is 1. The van der Waals surface area contributed by atoms with Gasteiger partial charge < -0.3 is 14.8 Å². The fourth-order valence-corrected chi connectivity index (χ4v) is 2.19. The molecule has 0 aromatic carbocycles. The second kappa shape index (κ2) is 6.01. The molecule has 0 spiro atoms. The van der Waals surface area contributed by atoms with E-state index in [4.69, 9.17) is 9.47 Å². The number of aromatic nitrogens is 2.